The van der Waals surface area contributed by atoms with Gasteiger partial charge in [0, 0.05) is 12.2 Å². The Morgan fingerprint density at radius 2 is 1.20 bits per heavy atom. The zero-order chi connectivity index (χ0) is 41.7. The number of aromatic nitrogens is 2. The maximum atomic E-state index is 15.5. The van der Waals surface area contributed by atoms with E-state index in [2.05, 4.69) is 29.6 Å². The van der Waals surface area contributed by atoms with Gasteiger partial charge in [-0.05, 0) is 58.4 Å². The Hall–Kier alpha value is -6.88. The molecule has 1 aromatic heterocycles. The molecule has 7 aromatic rings. The molecule has 0 radical (unpaired) electrons. The van der Waals surface area contributed by atoms with E-state index in [1.165, 1.54) is 0 Å². The van der Waals surface area contributed by atoms with Gasteiger partial charge in [0.15, 0.2) is 5.82 Å². The summed E-state index contributed by atoms with van der Waals surface area (Å²) in [5.74, 6) is 1.44. The zero-order valence-corrected chi connectivity index (χ0v) is 33.9. The monoisotopic (exact) mass is 799 g/mol. The number of nitrogens with zero attached hydrogens (tertiary/aromatic N) is 3. The van der Waals surface area contributed by atoms with Gasteiger partial charge in [0.05, 0.1) is 20.9 Å². The molecule has 6 aromatic carbocycles. The first-order valence-corrected chi connectivity index (χ1v) is 20.1. The van der Waals surface area contributed by atoms with E-state index in [1.54, 1.807) is 18.8 Å². The number of benzene rings is 6. The second-order valence-corrected chi connectivity index (χ2v) is 15.0. The Morgan fingerprint density at radius 3 is 1.72 bits per heavy atom. The van der Waals surface area contributed by atoms with Gasteiger partial charge >= 0.3 is 0 Å². The van der Waals surface area contributed by atoms with Gasteiger partial charge in [0.25, 0.3) is 5.56 Å². The number of para-hydroxylation sites is 1. The van der Waals surface area contributed by atoms with Crippen LogP contribution in [0.15, 0.2) is 175 Å². The molecule has 0 saturated heterocycles. The first kappa shape index (κ1) is 39.9. The molecule has 60 heavy (non-hydrogen) atoms. The fourth-order valence-corrected chi connectivity index (χ4v) is 8.59. The molecule has 10 nitrogen and oxygen atoms in total. The van der Waals surface area contributed by atoms with Crippen LogP contribution >= 0.6 is 0 Å². The van der Waals surface area contributed by atoms with Gasteiger partial charge in [0.1, 0.15) is 34.6 Å². The van der Waals surface area contributed by atoms with Crippen LogP contribution in [-0.4, -0.2) is 48.4 Å². The molecule has 10 heteroatoms. The lowest BCUT2D eigenvalue weighted by atomic mass is 9.76. The minimum Gasteiger partial charge on any atom is -0.497 e. The van der Waals surface area contributed by atoms with Crippen LogP contribution in [0, 0.1) is 5.92 Å². The maximum absolute atomic E-state index is 15.5. The van der Waals surface area contributed by atoms with Gasteiger partial charge in [0.2, 0.25) is 5.95 Å². The molecule has 0 bridgehead atoms. The Morgan fingerprint density at radius 1 is 0.700 bits per heavy atom. The highest BCUT2D eigenvalue weighted by atomic mass is 16.5. The van der Waals surface area contributed by atoms with E-state index in [0.29, 0.717) is 29.3 Å². The molecule has 1 aliphatic rings. The van der Waals surface area contributed by atoms with E-state index in [-0.39, 0.29) is 36.4 Å². The number of ether oxygens (including phenoxy) is 3. The predicted molar refractivity (Wildman–Crippen MR) is 237 cm³/mol. The second kappa shape index (κ2) is 17.1. The summed E-state index contributed by atoms with van der Waals surface area (Å²) in [5.41, 5.74) is 9.55. The molecule has 0 amide bonds. The van der Waals surface area contributed by atoms with Crippen molar-refractivity contribution in [2.45, 2.75) is 30.7 Å². The maximum Gasteiger partial charge on any atom is 0.281 e. The van der Waals surface area contributed by atoms with E-state index < -0.39 is 17.4 Å². The highest BCUT2D eigenvalue weighted by Crippen LogP contribution is 2.47. The summed E-state index contributed by atoms with van der Waals surface area (Å²) >= 11 is 0. The second-order valence-electron chi connectivity index (χ2n) is 15.0. The van der Waals surface area contributed by atoms with Gasteiger partial charge in [-0.2, -0.15) is 4.98 Å². The molecule has 2 atom stereocenters. The molecule has 0 fully saturated rings. The van der Waals surface area contributed by atoms with Crippen LogP contribution < -0.4 is 31.0 Å². The molecule has 2 heterocycles. The molecular weight excluding hydrogens is 751 g/mol. The van der Waals surface area contributed by atoms with E-state index in [0.717, 1.165) is 27.8 Å². The lowest BCUT2D eigenvalue weighted by Gasteiger charge is -2.42. The summed E-state index contributed by atoms with van der Waals surface area (Å²) in [6.45, 7) is 2.08. The van der Waals surface area contributed by atoms with E-state index in [1.807, 2.05) is 157 Å². The number of nitrogen functional groups attached to an aromatic ring is 1. The van der Waals surface area contributed by atoms with E-state index in [4.69, 9.17) is 24.9 Å². The zero-order valence-electron chi connectivity index (χ0n) is 33.9. The average Bonchev–Trinajstić information content (AvgIpc) is 3.74. The molecule has 1 aliphatic heterocycles. The van der Waals surface area contributed by atoms with E-state index in [9.17, 15) is 5.11 Å². The number of aliphatic hydroxyl groups excluding tert-OH is 1. The van der Waals surface area contributed by atoms with Crippen molar-refractivity contribution in [3.05, 3.63) is 214 Å². The number of hydrogen-bond donors (Lipinski definition) is 3. The summed E-state index contributed by atoms with van der Waals surface area (Å²) < 4.78 is 20.8. The van der Waals surface area contributed by atoms with Crippen LogP contribution in [0.5, 0.6) is 11.5 Å². The smallest absolute Gasteiger partial charge is 0.281 e. The third-order valence-electron chi connectivity index (χ3n) is 11.4. The molecular formula is C50H49N5O5. The Bertz CT molecular complexity index is 2490. The summed E-state index contributed by atoms with van der Waals surface area (Å²) in [4.78, 5) is 22.6. The molecule has 4 N–H and O–H groups in total. The Kier molecular flexibility index (Phi) is 11.4. The first-order chi connectivity index (χ1) is 29.4. The quantitative estimate of drug-likeness (QED) is 0.0881. The number of methoxy groups -OCH3 is 2. The van der Waals surface area contributed by atoms with Gasteiger partial charge in [-0.15, -0.1) is 0 Å². The fraction of sp³-hybridized carbons (Fsp3) is 0.200. The van der Waals surface area contributed by atoms with Crippen LogP contribution in [0.1, 0.15) is 46.7 Å². The molecule has 8 rings (SSSR count). The highest BCUT2D eigenvalue weighted by molar-refractivity contribution is 5.72. The molecule has 2 unspecified atom stereocenters. The number of hydrogen-bond acceptors (Lipinski definition) is 9. The standard InChI is InChI=1S/C50H49N5O5/c1-35(33-56)32-44(60-50(38-22-12-6-13-23-38,39-24-14-7-15-25-39)40-28-30-41(58-2)31-29-40)54-34-52-45-46(54)53-48(51)55(47(45)57)49(36-18-8-4-9-19-36,37-20-10-5-11-21-37)42-26-16-17-27-43(42)59-3/h4-31,35,44,52,56H,32-34H2,1-3H3,(H2,51,53). The normalized spacial score (nSPS) is 13.6. The van der Waals surface area contributed by atoms with Crippen molar-refractivity contribution in [3.63, 3.8) is 0 Å². The van der Waals surface area contributed by atoms with Gasteiger partial charge in [-0.25, -0.2) is 0 Å². The SMILES string of the molecule is COc1ccc(C(OC(CC(C)CO)N2CNc3c2nc(N)n(C(c2ccccc2)(c2ccccc2)c2ccccc2OC)c3=O)(c2ccccc2)c2ccccc2)cc1. The van der Waals surface area contributed by atoms with Crippen LogP contribution in [0.25, 0.3) is 0 Å². The largest absolute Gasteiger partial charge is 0.497 e. The summed E-state index contributed by atoms with van der Waals surface area (Å²) in [5, 5.41) is 13.9. The highest BCUT2D eigenvalue weighted by Gasteiger charge is 2.47. The fourth-order valence-electron chi connectivity index (χ4n) is 8.59. The van der Waals surface area contributed by atoms with Crippen molar-refractivity contribution in [2.24, 2.45) is 5.92 Å². The summed E-state index contributed by atoms with van der Waals surface area (Å²) in [7, 11) is 3.26. The first-order valence-electron chi connectivity index (χ1n) is 20.1. The van der Waals surface area contributed by atoms with Crippen LogP contribution in [0.4, 0.5) is 17.5 Å². The minimum absolute atomic E-state index is 0.00689. The van der Waals surface area contributed by atoms with Crippen LogP contribution in [-0.2, 0) is 15.9 Å². The van der Waals surface area contributed by atoms with Crippen molar-refractivity contribution in [3.8, 4) is 11.5 Å². The average molecular weight is 800 g/mol. The third-order valence-corrected chi connectivity index (χ3v) is 11.4. The lowest BCUT2D eigenvalue weighted by Crippen LogP contribution is -2.47. The van der Waals surface area contributed by atoms with Gasteiger partial charge in [-0.1, -0.05) is 159 Å². The molecule has 0 saturated carbocycles. The van der Waals surface area contributed by atoms with Crippen molar-refractivity contribution >= 4 is 17.5 Å². The number of aliphatic hydroxyl groups is 1. The summed E-state index contributed by atoms with van der Waals surface area (Å²) in [6, 6.07) is 55.4. The van der Waals surface area contributed by atoms with Crippen LogP contribution in [0.3, 0.4) is 0 Å². The minimum atomic E-state index is -1.31. The topological polar surface area (TPSA) is 124 Å². The Labute approximate surface area is 350 Å². The van der Waals surface area contributed by atoms with Crippen molar-refractivity contribution in [1.82, 2.24) is 9.55 Å². The van der Waals surface area contributed by atoms with Crippen molar-refractivity contribution in [1.29, 1.82) is 0 Å². The number of fused-ring (bicyclic) bond motifs is 1. The van der Waals surface area contributed by atoms with Crippen molar-refractivity contribution < 1.29 is 19.3 Å². The summed E-state index contributed by atoms with van der Waals surface area (Å²) in [6.07, 6.45) is -0.341. The molecule has 304 valence electrons. The number of nitrogens with one attached hydrogen (secondary N) is 1. The van der Waals surface area contributed by atoms with E-state index >= 15 is 4.79 Å². The number of anilines is 3. The molecule has 0 aliphatic carbocycles. The van der Waals surface area contributed by atoms with Crippen LogP contribution in [0.2, 0.25) is 0 Å². The van der Waals surface area contributed by atoms with Gasteiger partial charge in [-0.3, -0.25) is 9.36 Å². The molecule has 0 spiro atoms. The number of rotatable bonds is 15. The van der Waals surface area contributed by atoms with Gasteiger partial charge < -0.3 is 35.3 Å². The lowest BCUT2D eigenvalue weighted by molar-refractivity contribution is -0.0592. The Balaban J connectivity index is 1.35. The number of nitrogens with two attached hydrogens (primary N) is 1. The predicted octanol–water partition coefficient (Wildman–Crippen LogP) is 8.23. The van der Waals surface area contributed by atoms with Crippen molar-refractivity contribution in [2.75, 3.05) is 43.4 Å². The third kappa shape index (κ3) is 6.93.